The van der Waals surface area contributed by atoms with Crippen molar-refractivity contribution < 1.29 is 18.3 Å². The summed E-state index contributed by atoms with van der Waals surface area (Å²) in [5.74, 6) is -1.38. The van der Waals surface area contributed by atoms with Gasteiger partial charge >= 0.3 is 5.97 Å². The van der Waals surface area contributed by atoms with Gasteiger partial charge in [-0.2, -0.15) is 4.31 Å². The van der Waals surface area contributed by atoms with Crippen molar-refractivity contribution in [3.05, 3.63) is 12.7 Å². The third kappa shape index (κ3) is 4.44. The van der Waals surface area contributed by atoms with E-state index in [-0.39, 0.29) is 11.8 Å². The van der Waals surface area contributed by atoms with Crippen LogP contribution in [0.3, 0.4) is 0 Å². The lowest BCUT2D eigenvalue weighted by Gasteiger charge is -2.25. The molecule has 0 aromatic carbocycles. The topological polar surface area (TPSA) is 74.7 Å². The Kier molecular flexibility index (Phi) is 5.53. The first-order chi connectivity index (χ1) is 6.85. The van der Waals surface area contributed by atoms with Crippen molar-refractivity contribution in [1.29, 1.82) is 0 Å². The minimum atomic E-state index is -3.54. The first-order valence-corrected chi connectivity index (χ1v) is 6.28. The van der Waals surface area contributed by atoms with E-state index in [1.807, 2.05) is 6.92 Å². The fourth-order valence-corrected chi connectivity index (χ4v) is 2.60. The van der Waals surface area contributed by atoms with Crippen LogP contribution >= 0.6 is 0 Å². The molecule has 88 valence electrons. The molecule has 0 amide bonds. The molecule has 0 fully saturated rings. The molecule has 1 N–H and O–H groups in total. The van der Waals surface area contributed by atoms with Crippen LogP contribution in [0, 0.1) is 0 Å². The Balaban J connectivity index is 4.92. The van der Waals surface area contributed by atoms with Crippen molar-refractivity contribution in [1.82, 2.24) is 4.31 Å². The maximum Gasteiger partial charge on any atom is 0.318 e. The van der Waals surface area contributed by atoms with E-state index >= 15 is 0 Å². The second kappa shape index (κ2) is 5.87. The van der Waals surface area contributed by atoms with Crippen LogP contribution in [0.25, 0.3) is 0 Å². The third-order valence-corrected chi connectivity index (χ3v) is 3.92. The summed E-state index contributed by atoms with van der Waals surface area (Å²) in [5.41, 5.74) is 0. The Morgan fingerprint density at radius 2 is 2.13 bits per heavy atom. The van der Waals surface area contributed by atoms with E-state index in [0.29, 0.717) is 6.42 Å². The Hall–Kier alpha value is -0.880. The number of carboxylic acid groups (broad SMARTS) is 1. The molecule has 0 bridgehead atoms. The van der Waals surface area contributed by atoms with Crippen LogP contribution in [0.5, 0.6) is 0 Å². The number of rotatable bonds is 7. The summed E-state index contributed by atoms with van der Waals surface area (Å²) in [6.07, 6.45) is 1.83. The second-order valence-electron chi connectivity index (χ2n) is 3.26. The van der Waals surface area contributed by atoms with Crippen LogP contribution in [0.4, 0.5) is 0 Å². The fourth-order valence-electron chi connectivity index (χ4n) is 1.11. The Labute approximate surface area is 90.4 Å². The van der Waals surface area contributed by atoms with Gasteiger partial charge in [-0.25, -0.2) is 8.42 Å². The molecule has 0 saturated carbocycles. The second-order valence-corrected chi connectivity index (χ2v) is 5.23. The van der Waals surface area contributed by atoms with Gasteiger partial charge in [0.1, 0.15) is 6.54 Å². The average molecular weight is 235 g/mol. The van der Waals surface area contributed by atoms with E-state index in [0.717, 1.165) is 4.31 Å². The zero-order valence-electron chi connectivity index (χ0n) is 9.01. The van der Waals surface area contributed by atoms with Crippen molar-refractivity contribution in [3.8, 4) is 0 Å². The predicted molar refractivity (Wildman–Crippen MR) is 58.1 cm³/mol. The van der Waals surface area contributed by atoms with Gasteiger partial charge in [-0.1, -0.05) is 13.0 Å². The van der Waals surface area contributed by atoms with Crippen molar-refractivity contribution in [2.75, 3.05) is 12.3 Å². The number of aliphatic carboxylic acids is 1. The van der Waals surface area contributed by atoms with Crippen molar-refractivity contribution in [2.45, 2.75) is 26.3 Å². The van der Waals surface area contributed by atoms with E-state index in [9.17, 15) is 13.2 Å². The molecule has 0 aliphatic heterocycles. The number of carbonyl (C=O) groups is 1. The fraction of sp³-hybridized carbons (Fsp3) is 0.667. The van der Waals surface area contributed by atoms with Crippen molar-refractivity contribution in [2.24, 2.45) is 0 Å². The molecular weight excluding hydrogens is 218 g/mol. The van der Waals surface area contributed by atoms with E-state index in [1.165, 1.54) is 6.08 Å². The summed E-state index contributed by atoms with van der Waals surface area (Å²) in [4.78, 5) is 10.5. The van der Waals surface area contributed by atoms with Crippen molar-refractivity contribution >= 4 is 16.0 Å². The molecule has 0 heterocycles. The van der Waals surface area contributed by atoms with E-state index < -0.39 is 22.5 Å². The van der Waals surface area contributed by atoms with Crippen LogP contribution in [0.1, 0.15) is 20.3 Å². The summed E-state index contributed by atoms with van der Waals surface area (Å²) in [6, 6.07) is -0.314. The molecule has 1 atom stereocenters. The summed E-state index contributed by atoms with van der Waals surface area (Å²) >= 11 is 0. The van der Waals surface area contributed by atoms with Gasteiger partial charge in [0.2, 0.25) is 10.0 Å². The van der Waals surface area contributed by atoms with Gasteiger partial charge in [0.25, 0.3) is 0 Å². The van der Waals surface area contributed by atoms with E-state index in [2.05, 4.69) is 6.58 Å². The molecule has 0 radical (unpaired) electrons. The predicted octanol–water partition coefficient (Wildman–Crippen LogP) is 0.687. The summed E-state index contributed by atoms with van der Waals surface area (Å²) < 4.78 is 24.3. The molecule has 0 rings (SSSR count). The van der Waals surface area contributed by atoms with Gasteiger partial charge in [0.05, 0.1) is 5.75 Å². The Morgan fingerprint density at radius 3 is 2.47 bits per heavy atom. The van der Waals surface area contributed by atoms with Crippen LogP contribution < -0.4 is 0 Å². The summed E-state index contributed by atoms with van der Waals surface area (Å²) in [5, 5.41) is 8.63. The molecule has 6 heteroatoms. The molecule has 0 aliphatic rings. The van der Waals surface area contributed by atoms with Crippen molar-refractivity contribution in [3.63, 3.8) is 0 Å². The quantitative estimate of drug-likeness (QED) is 0.659. The zero-order valence-corrected chi connectivity index (χ0v) is 9.83. The Morgan fingerprint density at radius 1 is 1.60 bits per heavy atom. The molecule has 0 saturated heterocycles. The highest BCUT2D eigenvalue weighted by Gasteiger charge is 2.27. The lowest BCUT2D eigenvalue weighted by atomic mass is 10.2. The number of sulfonamides is 1. The van der Waals surface area contributed by atoms with Gasteiger partial charge in [-0.15, -0.1) is 6.58 Å². The first kappa shape index (κ1) is 14.1. The molecule has 0 spiro atoms. The van der Waals surface area contributed by atoms with Gasteiger partial charge in [-0.05, 0) is 13.3 Å². The molecule has 0 aliphatic carbocycles. The maximum atomic E-state index is 11.7. The minimum Gasteiger partial charge on any atom is -0.480 e. The molecule has 15 heavy (non-hydrogen) atoms. The summed E-state index contributed by atoms with van der Waals surface area (Å²) in [6.45, 7) is 6.34. The van der Waals surface area contributed by atoms with Crippen LogP contribution in [-0.4, -0.2) is 42.1 Å². The molecule has 0 aromatic rings. The minimum absolute atomic E-state index is 0.232. The molecular formula is C9H17NO4S. The lowest BCUT2D eigenvalue weighted by molar-refractivity contribution is -0.137. The highest BCUT2D eigenvalue weighted by atomic mass is 32.2. The lowest BCUT2D eigenvalue weighted by Crippen LogP contribution is -2.42. The smallest absolute Gasteiger partial charge is 0.318 e. The number of hydrogen-bond donors (Lipinski definition) is 1. The first-order valence-electron chi connectivity index (χ1n) is 4.67. The van der Waals surface area contributed by atoms with Gasteiger partial charge in [0, 0.05) is 6.04 Å². The zero-order chi connectivity index (χ0) is 12.1. The maximum absolute atomic E-state index is 11.7. The molecule has 1 unspecified atom stereocenters. The number of hydrogen-bond acceptors (Lipinski definition) is 3. The summed E-state index contributed by atoms with van der Waals surface area (Å²) in [7, 11) is -3.54. The van der Waals surface area contributed by atoms with Gasteiger partial charge < -0.3 is 5.11 Å². The highest BCUT2D eigenvalue weighted by Crippen LogP contribution is 2.10. The van der Waals surface area contributed by atoms with Gasteiger partial charge in [-0.3, -0.25) is 4.79 Å². The normalized spacial score (nSPS) is 13.8. The Bertz CT molecular complexity index is 323. The molecule has 0 aromatic heterocycles. The van der Waals surface area contributed by atoms with Crippen LogP contribution in [-0.2, 0) is 14.8 Å². The standard InChI is InChI=1S/C9H17NO4S/c1-4-6-15(13,14)10(7-9(11)12)8(3)5-2/h4,8H,1,5-7H2,2-3H3,(H,11,12). The van der Waals surface area contributed by atoms with E-state index in [4.69, 9.17) is 5.11 Å². The highest BCUT2D eigenvalue weighted by molar-refractivity contribution is 7.89. The van der Waals surface area contributed by atoms with Crippen LogP contribution in [0.2, 0.25) is 0 Å². The van der Waals surface area contributed by atoms with E-state index in [1.54, 1.807) is 6.92 Å². The molecule has 5 nitrogen and oxygen atoms in total. The average Bonchev–Trinajstić information content (AvgIpc) is 2.12. The van der Waals surface area contributed by atoms with Gasteiger partial charge in [0.15, 0.2) is 0 Å². The largest absolute Gasteiger partial charge is 0.480 e. The number of carboxylic acids is 1. The van der Waals surface area contributed by atoms with Crippen LogP contribution in [0.15, 0.2) is 12.7 Å². The SMILES string of the molecule is C=CCS(=O)(=O)N(CC(=O)O)C(C)CC. The third-order valence-electron chi connectivity index (χ3n) is 2.06. The monoisotopic (exact) mass is 235 g/mol. The number of nitrogens with zero attached hydrogens (tertiary/aromatic N) is 1.